The van der Waals surface area contributed by atoms with Crippen LogP contribution in [0.25, 0.3) is 10.8 Å². The number of nitrogens with zero attached hydrogens (tertiary/aromatic N) is 1. The predicted octanol–water partition coefficient (Wildman–Crippen LogP) is 2.01. The molecule has 0 aliphatic carbocycles. The Morgan fingerprint density at radius 2 is 2.07 bits per heavy atom. The lowest BCUT2D eigenvalue weighted by molar-refractivity contribution is 0.591. The van der Waals surface area contributed by atoms with Crippen molar-refractivity contribution in [2.45, 2.75) is 6.42 Å². The Kier molecular flexibility index (Phi) is 2.60. The quantitative estimate of drug-likeness (QED) is 0.819. The molecular weight excluding hydrogens is 198 g/mol. The van der Waals surface area contributed by atoms with Crippen LogP contribution >= 0.6 is 0 Å². The van der Waals surface area contributed by atoms with Gasteiger partial charge in [-0.25, -0.2) is 8.78 Å². The van der Waals surface area contributed by atoms with Gasteiger partial charge in [-0.3, -0.25) is 4.98 Å². The Morgan fingerprint density at radius 3 is 2.80 bits per heavy atom. The van der Waals surface area contributed by atoms with Crippen LogP contribution in [0.5, 0.6) is 0 Å². The topological polar surface area (TPSA) is 38.9 Å². The lowest BCUT2D eigenvalue weighted by atomic mass is 10.1. The van der Waals surface area contributed by atoms with E-state index in [9.17, 15) is 8.78 Å². The molecule has 15 heavy (non-hydrogen) atoms. The van der Waals surface area contributed by atoms with E-state index in [1.54, 1.807) is 6.07 Å². The fraction of sp³-hybridized carbons (Fsp3) is 0.182. The molecule has 0 saturated heterocycles. The third-order valence-electron chi connectivity index (χ3n) is 2.24. The number of pyridine rings is 1. The van der Waals surface area contributed by atoms with Crippen LogP contribution in [0.15, 0.2) is 24.4 Å². The molecule has 0 fully saturated rings. The molecule has 2 nitrogen and oxygen atoms in total. The molecule has 0 unspecified atom stereocenters. The van der Waals surface area contributed by atoms with Crippen LogP contribution in [0.3, 0.4) is 0 Å². The summed E-state index contributed by atoms with van der Waals surface area (Å²) >= 11 is 0. The van der Waals surface area contributed by atoms with Gasteiger partial charge in [0.1, 0.15) is 11.6 Å². The number of benzene rings is 1. The Hall–Kier alpha value is -1.55. The zero-order valence-electron chi connectivity index (χ0n) is 8.00. The van der Waals surface area contributed by atoms with E-state index >= 15 is 0 Å². The molecule has 0 bridgehead atoms. The maximum Gasteiger partial charge on any atom is 0.135 e. The summed E-state index contributed by atoms with van der Waals surface area (Å²) in [6.45, 7) is 0.392. The van der Waals surface area contributed by atoms with Gasteiger partial charge < -0.3 is 5.73 Å². The van der Waals surface area contributed by atoms with E-state index in [0.29, 0.717) is 29.4 Å². The molecule has 78 valence electrons. The second-order valence-electron chi connectivity index (χ2n) is 3.28. The first kappa shape index (κ1) is 9.98. The summed E-state index contributed by atoms with van der Waals surface area (Å²) in [6, 6.07) is 3.74. The Bertz CT molecular complexity index is 497. The second kappa shape index (κ2) is 3.90. The van der Waals surface area contributed by atoms with Crippen LogP contribution in [-0.4, -0.2) is 11.5 Å². The number of nitrogens with two attached hydrogens (primary N) is 1. The minimum absolute atomic E-state index is 0.365. The van der Waals surface area contributed by atoms with Crippen molar-refractivity contribution < 1.29 is 8.78 Å². The molecule has 4 heteroatoms. The Balaban J connectivity index is 2.73. The average molecular weight is 208 g/mol. The average Bonchev–Trinajstić information content (AvgIpc) is 2.17. The Labute approximate surface area is 85.7 Å². The first-order valence-electron chi connectivity index (χ1n) is 4.65. The van der Waals surface area contributed by atoms with Crippen LogP contribution in [-0.2, 0) is 6.42 Å². The molecule has 0 radical (unpaired) electrons. The molecular formula is C11H10F2N2. The van der Waals surface area contributed by atoms with Crippen LogP contribution in [0, 0.1) is 11.6 Å². The van der Waals surface area contributed by atoms with Crippen molar-refractivity contribution in [2.75, 3.05) is 6.54 Å². The maximum absolute atomic E-state index is 13.5. The van der Waals surface area contributed by atoms with Crippen LogP contribution < -0.4 is 5.73 Å². The molecule has 2 aromatic rings. The Morgan fingerprint density at radius 1 is 1.27 bits per heavy atom. The van der Waals surface area contributed by atoms with Crippen molar-refractivity contribution in [3.05, 3.63) is 41.7 Å². The summed E-state index contributed by atoms with van der Waals surface area (Å²) in [5, 5.41) is 0.885. The summed E-state index contributed by atoms with van der Waals surface area (Å²) in [4.78, 5) is 4.04. The number of hydrogen-bond donors (Lipinski definition) is 1. The molecule has 1 aromatic heterocycles. The molecule has 2 rings (SSSR count). The number of halogens is 2. The molecule has 0 aliphatic heterocycles. The summed E-state index contributed by atoms with van der Waals surface area (Å²) in [7, 11) is 0. The SMILES string of the molecule is NCCc1nccc2cc(F)cc(F)c12. The van der Waals surface area contributed by atoms with Gasteiger partial charge in [0.2, 0.25) is 0 Å². The molecule has 0 aliphatic rings. The van der Waals surface area contributed by atoms with Crippen LogP contribution in [0.4, 0.5) is 8.78 Å². The summed E-state index contributed by atoms with van der Waals surface area (Å²) in [6.07, 6.45) is 2.02. The van der Waals surface area contributed by atoms with E-state index in [2.05, 4.69) is 4.98 Å². The highest BCUT2D eigenvalue weighted by molar-refractivity contribution is 5.85. The summed E-state index contributed by atoms with van der Waals surface area (Å²) in [5.41, 5.74) is 5.97. The van der Waals surface area contributed by atoms with Gasteiger partial charge >= 0.3 is 0 Å². The highest BCUT2D eigenvalue weighted by atomic mass is 19.1. The number of hydrogen-bond acceptors (Lipinski definition) is 2. The third kappa shape index (κ3) is 1.80. The second-order valence-corrected chi connectivity index (χ2v) is 3.28. The van der Waals surface area contributed by atoms with Gasteiger partial charge in [0.15, 0.2) is 0 Å². The smallest absolute Gasteiger partial charge is 0.135 e. The lowest BCUT2D eigenvalue weighted by Gasteiger charge is -2.05. The minimum atomic E-state index is -0.582. The van der Waals surface area contributed by atoms with Gasteiger partial charge in [0.05, 0.1) is 5.69 Å². The standard InChI is InChI=1S/C11H10F2N2/c12-8-5-7-2-4-15-10(1-3-14)11(7)9(13)6-8/h2,4-6H,1,3,14H2. The van der Waals surface area contributed by atoms with E-state index in [1.165, 1.54) is 12.3 Å². The molecule has 1 heterocycles. The minimum Gasteiger partial charge on any atom is -0.330 e. The summed E-state index contributed by atoms with van der Waals surface area (Å²) in [5.74, 6) is -1.16. The highest BCUT2D eigenvalue weighted by Crippen LogP contribution is 2.22. The van der Waals surface area contributed by atoms with Crippen molar-refractivity contribution in [3.8, 4) is 0 Å². The monoisotopic (exact) mass is 208 g/mol. The van der Waals surface area contributed by atoms with E-state index in [0.717, 1.165) is 6.07 Å². The first-order valence-corrected chi connectivity index (χ1v) is 4.65. The number of rotatable bonds is 2. The highest BCUT2D eigenvalue weighted by Gasteiger charge is 2.08. The van der Waals surface area contributed by atoms with E-state index in [4.69, 9.17) is 5.73 Å². The van der Waals surface area contributed by atoms with Crippen molar-refractivity contribution in [1.82, 2.24) is 4.98 Å². The molecule has 2 N–H and O–H groups in total. The van der Waals surface area contributed by atoms with Gasteiger partial charge in [-0.1, -0.05) is 0 Å². The molecule has 1 aromatic carbocycles. The molecule has 0 atom stereocenters. The molecule has 0 amide bonds. The van der Waals surface area contributed by atoms with Gasteiger partial charge in [-0.2, -0.15) is 0 Å². The van der Waals surface area contributed by atoms with Crippen molar-refractivity contribution in [2.24, 2.45) is 5.73 Å². The van der Waals surface area contributed by atoms with Gasteiger partial charge in [-0.05, 0) is 24.1 Å². The van der Waals surface area contributed by atoms with E-state index in [1.807, 2.05) is 0 Å². The maximum atomic E-state index is 13.5. The molecule has 0 spiro atoms. The van der Waals surface area contributed by atoms with E-state index in [-0.39, 0.29) is 0 Å². The van der Waals surface area contributed by atoms with Crippen molar-refractivity contribution >= 4 is 10.8 Å². The van der Waals surface area contributed by atoms with Gasteiger partial charge in [0.25, 0.3) is 0 Å². The first-order chi connectivity index (χ1) is 7.22. The van der Waals surface area contributed by atoms with Crippen LogP contribution in [0.1, 0.15) is 5.69 Å². The van der Waals surface area contributed by atoms with Crippen LogP contribution in [0.2, 0.25) is 0 Å². The number of fused-ring (bicyclic) bond motifs is 1. The molecule has 0 saturated carbocycles. The number of aromatic nitrogens is 1. The van der Waals surface area contributed by atoms with Crippen molar-refractivity contribution in [1.29, 1.82) is 0 Å². The fourth-order valence-electron chi connectivity index (χ4n) is 1.63. The van der Waals surface area contributed by atoms with Gasteiger partial charge in [0, 0.05) is 24.1 Å². The predicted molar refractivity (Wildman–Crippen MR) is 54.4 cm³/mol. The fourth-order valence-corrected chi connectivity index (χ4v) is 1.63. The third-order valence-corrected chi connectivity index (χ3v) is 2.24. The lowest BCUT2D eigenvalue weighted by Crippen LogP contribution is -2.05. The van der Waals surface area contributed by atoms with Crippen molar-refractivity contribution in [3.63, 3.8) is 0 Å². The zero-order valence-corrected chi connectivity index (χ0v) is 8.00. The van der Waals surface area contributed by atoms with Gasteiger partial charge in [-0.15, -0.1) is 0 Å². The zero-order chi connectivity index (χ0) is 10.8. The van der Waals surface area contributed by atoms with E-state index < -0.39 is 11.6 Å². The normalized spacial score (nSPS) is 10.9. The summed E-state index contributed by atoms with van der Waals surface area (Å²) < 4.78 is 26.4. The largest absolute Gasteiger partial charge is 0.330 e.